The van der Waals surface area contributed by atoms with Crippen LogP contribution in [0.2, 0.25) is 0 Å². The van der Waals surface area contributed by atoms with Gasteiger partial charge in [-0.3, -0.25) is 39.2 Å². The number of likely N-dealkylation sites (tertiary alicyclic amines) is 4. The maximum absolute atomic E-state index is 13.8. The van der Waals surface area contributed by atoms with E-state index in [0.717, 1.165) is 124 Å². The number of carbonyl (C=O) groups excluding carboxylic acids is 4. The Bertz CT molecular complexity index is 6310. The van der Waals surface area contributed by atoms with Crippen LogP contribution in [0.4, 0.5) is 36.3 Å². The van der Waals surface area contributed by atoms with Gasteiger partial charge in [0.05, 0.1) is 64.4 Å². The number of aliphatic hydroxyl groups excluding tert-OH is 2. The van der Waals surface area contributed by atoms with Gasteiger partial charge in [0.25, 0.3) is 0 Å². The third kappa shape index (κ3) is 32.1. The number of carbonyl (C=O) groups is 4. The SMILES string of the molecule is CC(C)(C)CC(=O)OC(=O)[C@H]1Nc2ccc(Br)cc2[C@H]2[C@@H]1CCN2C(=O)OCc1ccccc1.CC(C)(C)CC(=O)OC[C@H]1Nc2ccc(Br)cc2[C@H]2[C@@H]1CCN2Cc1ccncc1.COc1ccc(-c2ccc3c(c2)[C@H]2[C@H](CCN2Cc2ccncc2)[C@@H](CO)N3)cc1.COc1ccc(B(O)O)cc1.OB(O)c1cccc(F)c1.OC[C@H]1Nc2ccc(-c3cccc(F)c3)cc2[C@H]2[C@@H]1CCN2Cc1ccncc1.[CH3-].[CH3-].[CH3-].[CH3-].[Pd+2].[Pd+2]. The molecule has 10 N–H and O–H groups in total. The molecule has 0 saturated carbocycles. The van der Waals surface area contributed by atoms with E-state index >= 15 is 0 Å². The predicted molar refractivity (Wildman–Crippen MR) is 588 cm³/mol. The Morgan fingerprint density at radius 2 is 0.800 bits per heavy atom. The number of anilines is 4. The van der Waals surface area contributed by atoms with E-state index in [-0.39, 0.29) is 161 Å². The fourth-order valence-corrected chi connectivity index (χ4v) is 21.4. The van der Waals surface area contributed by atoms with Gasteiger partial charge in [-0.25, -0.2) is 18.4 Å². The molecule has 4 saturated heterocycles. The van der Waals surface area contributed by atoms with E-state index in [9.17, 15) is 38.2 Å². The number of nitrogens with one attached hydrogen (secondary N) is 4. The molecule has 0 unspecified atom stereocenters. The first-order valence-corrected chi connectivity index (χ1v) is 50.4. The molecule has 12 aromatic rings. The second-order valence-corrected chi connectivity index (χ2v) is 41.7. The number of aliphatic hydroxyl groups is 2. The monoisotopic (exact) mass is 2350 g/mol. The molecule has 150 heavy (non-hydrogen) atoms. The van der Waals surface area contributed by atoms with Crippen molar-refractivity contribution in [1.82, 2.24) is 34.6 Å². The van der Waals surface area contributed by atoms with Crippen molar-refractivity contribution < 1.29 is 123 Å². The molecule has 34 heteroatoms. The van der Waals surface area contributed by atoms with Crippen LogP contribution in [0.25, 0.3) is 22.3 Å². The number of ether oxygens (including phenoxy) is 5. The molecule has 0 spiro atoms. The van der Waals surface area contributed by atoms with Gasteiger partial charge in [0, 0.05) is 137 Å². The minimum Gasteiger partial charge on any atom is -0.497 e. The van der Waals surface area contributed by atoms with Gasteiger partial charge in [0.1, 0.15) is 42.4 Å². The van der Waals surface area contributed by atoms with Gasteiger partial charge >= 0.3 is 79.1 Å². The Balaban J connectivity index is 0.000000205. The van der Waals surface area contributed by atoms with Crippen LogP contribution >= 0.6 is 31.9 Å². The molecule has 8 aliphatic rings. The maximum atomic E-state index is 13.8. The zero-order valence-corrected chi connectivity index (χ0v) is 93.0. The quantitative estimate of drug-likeness (QED) is 0.0105. The van der Waals surface area contributed by atoms with E-state index in [0.29, 0.717) is 67.0 Å². The van der Waals surface area contributed by atoms with Crippen LogP contribution in [0.5, 0.6) is 11.5 Å². The van der Waals surface area contributed by atoms with Crippen molar-refractivity contribution in [3.63, 3.8) is 0 Å². The topological polar surface area (TPSA) is 336 Å². The molecule has 26 nitrogen and oxygen atoms in total. The Labute approximate surface area is 927 Å². The van der Waals surface area contributed by atoms with Crippen LogP contribution in [-0.4, -0.2) is 187 Å². The maximum Gasteiger partial charge on any atom is 2.00 e. The Kier molecular flexibility index (Phi) is 46.6. The minimum absolute atomic E-state index is 0. The molecule has 3 aromatic heterocycles. The number of nitrogens with zero attached hydrogens (tertiary/aromatic N) is 7. The van der Waals surface area contributed by atoms with Gasteiger partial charge in [0.15, 0.2) is 0 Å². The molecule has 8 aliphatic heterocycles. The summed E-state index contributed by atoms with van der Waals surface area (Å²) in [7, 11) is 0.260. The zero-order chi connectivity index (χ0) is 102. The summed E-state index contributed by atoms with van der Waals surface area (Å²) in [6.07, 6.45) is 15.0. The molecule has 12 atom stereocenters. The molecule has 11 heterocycles. The summed E-state index contributed by atoms with van der Waals surface area (Å²) in [5.74, 6) is 0.492. The molecule has 1 amide bonds. The van der Waals surface area contributed by atoms with E-state index < -0.39 is 44.1 Å². The van der Waals surface area contributed by atoms with Gasteiger partial charge in [-0.15, -0.1) is 0 Å². The molecular weight excluding hydrogens is 2220 g/mol. The van der Waals surface area contributed by atoms with Crippen LogP contribution in [-0.2, 0) is 95.7 Å². The van der Waals surface area contributed by atoms with Gasteiger partial charge < -0.3 is 110 Å². The second-order valence-electron chi connectivity index (χ2n) is 39.9. The standard InChI is InChI=1S/C26H29BrN2O5.C25H27N3O2.C24H30BrN3O2.C24H24FN3O.C7H9BO3.C6H6BFO2.4CH3.2Pd/c1-26(2,3)14-21(30)34-24(31)22-18-11-12-29(25(32)33-15-16-7-5-4-6-8-16)23(18)19-13-17(27)9-10-20(19)28-22;1-30-20-5-2-18(3-6-20)19-4-7-23-22(14-19)25-21(24(16-29)27-23)10-13-28(25)15-17-8-11-26-12-9-17;1-24(2,3)13-22(29)30-15-21-18-8-11-28(14-16-6-9-26-10-7-16)23(18)19-12-17(25)4-5-20(19)27-21;25-19-3-1-2-17(12-19)18-4-5-22-21(13-18)24-20(23(15-29)27-22)8-11-28(24)14-16-6-9-26-10-7-16;1-11-7-4-2-6(3-5-7)8(9)10;8-6-3-1-2-5(4-6)7(9)10;;;;;;/h4-10,13,18,22-23,28H,11-12,14-15H2,1-3H3;2-9,11-12,14,21,24-25,27,29H,10,13,15-16H2,1H3;4-7,9-10,12,18,21,23,27H,8,11,13-15H2,1-3H3;1-7,9-10,12-13,20,23-24,27,29H,8,11,14-15H2;2-5,9-10H,1H3;1-4,9-10H;4*1H3;;/q;;;;;;4*-1;2*+2/t18-,22+,23-;21-,24-,25-;18-,21-,23-;20-,23-,24-;;;;;;;;/m1111......../s1. The van der Waals surface area contributed by atoms with Gasteiger partial charge in [-0.1, -0.05) is 164 Å². The predicted octanol–water partition coefficient (Wildman–Crippen LogP) is 19.7. The number of benzene rings is 9. The summed E-state index contributed by atoms with van der Waals surface area (Å²) in [5.41, 5.74) is 18.1. The van der Waals surface area contributed by atoms with E-state index in [2.05, 4.69) is 201 Å². The molecule has 800 valence electrons. The molecule has 20 rings (SSSR count). The average molecular weight is 2360 g/mol. The smallest absolute Gasteiger partial charge is 0.497 e. The molecular formula is C116H137B2Br2F2N11O15Pd2. The second kappa shape index (κ2) is 57.1. The number of esters is 3. The third-order valence-electron chi connectivity index (χ3n) is 27.4. The van der Waals surface area contributed by atoms with Crippen molar-refractivity contribution in [3.05, 3.63) is 369 Å². The Morgan fingerprint density at radius 3 is 1.24 bits per heavy atom. The number of rotatable bonds is 21. The summed E-state index contributed by atoms with van der Waals surface area (Å²) in [6, 6.07) is 73.7. The molecule has 9 aromatic carbocycles. The van der Waals surface area contributed by atoms with Crippen molar-refractivity contribution >= 4 is 104 Å². The van der Waals surface area contributed by atoms with Crippen LogP contribution in [0, 0.1) is 75.8 Å². The fraction of sp³-hybridized carbons (Fsp3) is 0.336. The normalized spacial score (nSPS) is 19.9. The molecule has 0 bridgehead atoms. The summed E-state index contributed by atoms with van der Waals surface area (Å²) in [6.45, 7) is 18.9. The number of amides is 1. The van der Waals surface area contributed by atoms with Gasteiger partial charge in [0.2, 0.25) is 0 Å². The first-order valence-electron chi connectivity index (χ1n) is 48.8. The number of methoxy groups -OCH3 is 2. The Hall–Kier alpha value is -11.0. The van der Waals surface area contributed by atoms with Gasteiger partial charge in [-0.2, -0.15) is 0 Å². The number of fused-ring (bicyclic) bond motifs is 12. The molecule has 0 radical (unpaired) electrons. The van der Waals surface area contributed by atoms with Crippen molar-refractivity contribution in [2.75, 3.05) is 81.5 Å². The number of hydrogen-bond donors (Lipinski definition) is 10. The zero-order valence-electron chi connectivity index (χ0n) is 86.7. The van der Waals surface area contributed by atoms with Crippen molar-refractivity contribution in [2.24, 2.45) is 34.5 Å². The molecule has 0 aliphatic carbocycles. The number of halogens is 4. The third-order valence-corrected chi connectivity index (χ3v) is 28.4. The van der Waals surface area contributed by atoms with E-state index in [1.54, 1.807) is 55.5 Å². The first-order chi connectivity index (χ1) is 69.3. The van der Waals surface area contributed by atoms with E-state index in [4.69, 9.17) is 43.8 Å². The van der Waals surface area contributed by atoms with Crippen molar-refractivity contribution in [1.29, 1.82) is 0 Å². The minimum atomic E-state index is -1.59. The van der Waals surface area contributed by atoms with E-state index in [1.165, 1.54) is 68.8 Å². The number of pyridine rings is 3. The largest absolute Gasteiger partial charge is 2.00 e. The van der Waals surface area contributed by atoms with Gasteiger partial charge in [-0.05, 0) is 279 Å². The van der Waals surface area contributed by atoms with Crippen LogP contribution < -0.4 is 41.7 Å². The average Bonchev–Trinajstić information content (AvgIpc) is 1.62. The first kappa shape index (κ1) is 123. The van der Waals surface area contributed by atoms with Crippen molar-refractivity contribution in [3.8, 4) is 33.8 Å². The summed E-state index contributed by atoms with van der Waals surface area (Å²) in [5, 5.41) is 68.5. The summed E-state index contributed by atoms with van der Waals surface area (Å²) < 4.78 is 54.8. The van der Waals surface area contributed by atoms with Crippen LogP contribution in [0.1, 0.15) is 149 Å². The van der Waals surface area contributed by atoms with Crippen LogP contribution in [0.3, 0.4) is 0 Å². The number of hydrogen-bond acceptors (Lipinski definition) is 25. The van der Waals surface area contributed by atoms with Crippen LogP contribution in [0.15, 0.2) is 283 Å². The van der Waals surface area contributed by atoms with E-state index in [1.807, 2.05) is 131 Å². The van der Waals surface area contributed by atoms with Crippen molar-refractivity contribution in [2.45, 2.75) is 155 Å². The summed E-state index contributed by atoms with van der Waals surface area (Å²) >= 11 is 7.15. The fourth-order valence-electron chi connectivity index (χ4n) is 20.7. The Morgan fingerprint density at radius 1 is 0.407 bits per heavy atom. The number of aromatic nitrogens is 3. The molecule has 4 fully saturated rings. The summed E-state index contributed by atoms with van der Waals surface area (Å²) in [4.78, 5) is 72.5.